The molecule has 0 aromatic heterocycles. The Morgan fingerprint density at radius 1 is 1.00 bits per heavy atom. The Kier molecular flexibility index (Phi) is 2.04. The number of hydrogen-bond acceptors (Lipinski definition) is 1. The largest absolute Gasteiger partial charge is 0.372 e. The van der Waals surface area contributed by atoms with Crippen LogP contribution in [-0.2, 0) is 4.74 Å². The lowest BCUT2D eigenvalue weighted by Crippen LogP contribution is -2.40. The van der Waals surface area contributed by atoms with Gasteiger partial charge in [-0.15, -0.1) is 0 Å². The van der Waals surface area contributed by atoms with E-state index in [1.165, 1.54) is 12.8 Å². The lowest BCUT2D eigenvalue weighted by atomic mass is 9.79. The molecular formula is C10H20O. The van der Waals surface area contributed by atoms with E-state index < -0.39 is 0 Å². The zero-order valence-corrected chi connectivity index (χ0v) is 8.40. The van der Waals surface area contributed by atoms with Crippen molar-refractivity contribution in [2.75, 3.05) is 0 Å². The molecule has 0 N–H and O–H groups in total. The van der Waals surface area contributed by atoms with Gasteiger partial charge < -0.3 is 4.74 Å². The molecule has 1 fully saturated rings. The van der Waals surface area contributed by atoms with E-state index in [0.717, 1.165) is 0 Å². The van der Waals surface area contributed by atoms with Crippen molar-refractivity contribution in [1.82, 2.24) is 0 Å². The maximum atomic E-state index is 5.91. The first-order chi connectivity index (χ1) is 4.83. The molecule has 66 valence electrons. The standard InChI is InChI=1S/C10H20O/c1-9(2,3)10(4,5)11-8-6-7-8/h8H,6-7H2,1-5H3. The SMILES string of the molecule is CC(C)(C)C(C)(C)OC1CC1. The predicted molar refractivity (Wildman–Crippen MR) is 47.6 cm³/mol. The van der Waals surface area contributed by atoms with Crippen molar-refractivity contribution in [3.8, 4) is 0 Å². The summed E-state index contributed by atoms with van der Waals surface area (Å²) in [5.74, 6) is 0. The first kappa shape index (κ1) is 9.05. The van der Waals surface area contributed by atoms with E-state index >= 15 is 0 Å². The van der Waals surface area contributed by atoms with Crippen molar-refractivity contribution in [3.63, 3.8) is 0 Å². The molecule has 0 radical (unpaired) electrons. The minimum atomic E-state index is 0.0220. The Labute approximate surface area is 70.1 Å². The highest BCUT2D eigenvalue weighted by Gasteiger charge is 2.38. The van der Waals surface area contributed by atoms with E-state index in [1.807, 2.05) is 0 Å². The van der Waals surface area contributed by atoms with E-state index in [-0.39, 0.29) is 11.0 Å². The maximum absolute atomic E-state index is 5.91. The van der Waals surface area contributed by atoms with Crippen molar-refractivity contribution in [2.24, 2.45) is 5.41 Å². The van der Waals surface area contributed by atoms with E-state index in [1.54, 1.807) is 0 Å². The first-order valence-electron chi connectivity index (χ1n) is 4.51. The van der Waals surface area contributed by atoms with Gasteiger partial charge in [-0.05, 0) is 32.1 Å². The summed E-state index contributed by atoms with van der Waals surface area (Å²) in [5, 5.41) is 0. The molecule has 0 aromatic carbocycles. The molecule has 1 nitrogen and oxygen atoms in total. The monoisotopic (exact) mass is 156 g/mol. The molecule has 0 unspecified atom stereocenters. The Morgan fingerprint density at radius 2 is 1.45 bits per heavy atom. The molecule has 0 amide bonds. The molecule has 0 aliphatic heterocycles. The minimum absolute atomic E-state index is 0.0220. The Balaban J connectivity index is 2.49. The quantitative estimate of drug-likeness (QED) is 0.597. The smallest absolute Gasteiger partial charge is 0.0678 e. The average molecular weight is 156 g/mol. The Morgan fingerprint density at radius 3 is 1.73 bits per heavy atom. The zero-order valence-electron chi connectivity index (χ0n) is 8.40. The second kappa shape index (κ2) is 2.48. The number of ether oxygens (including phenoxy) is 1. The van der Waals surface area contributed by atoms with Crippen LogP contribution in [0.15, 0.2) is 0 Å². The maximum Gasteiger partial charge on any atom is 0.0678 e. The number of rotatable bonds is 2. The van der Waals surface area contributed by atoms with Crippen LogP contribution in [0.4, 0.5) is 0 Å². The van der Waals surface area contributed by atoms with E-state index in [4.69, 9.17) is 4.74 Å². The molecule has 0 atom stereocenters. The van der Waals surface area contributed by atoms with Crippen molar-refractivity contribution >= 4 is 0 Å². The molecule has 0 bridgehead atoms. The van der Waals surface area contributed by atoms with Crippen LogP contribution in [0.25, 0.3) is 0 Å². The third kappa shape index (κ3) is 2.19. The van der Waals surface area contributed by atoms with Crippen LogP contribution < -0.4 is 0 Å². The van der Waals surface area contributed by atoms with Gasteiger partial charge in [-0.25, -0.2) is 0 Å². The average Bonchev–Trinajstić information content (AvgIpc) is 2.45. The molecule has 1 saturated carbocycles. The summed E-state index contributed by atoms with van der Waals surface area (Å²) >= 11 is 0. The van der Waals surface area contributed by atoms with Gasteiger partial charge in [0.25, 0.3) is 0 Å². The lowest BCUT2D eigenvalue weighted by molar-refractivity contribution is -0.0995. The van der Waals surface area contributed by atoms with Gasteiger partial charge in [-0.3, -0.25) is 0 Å². The normalized spacial score (nSPS) is 20.5. The van der Waals surface area contributed by atoms with Crippen LogP contribution in [-0.4, -0.2) is 11.7 Å². The van der Waals surface area contributed by atoms with Crippen molar-refractivity contribution < 1.29 is 4.74 Å². The third-order valence-electron chi connectivity index (χ3n) is 2.79. The van der Waals surface area contributed by atoms with Gasteiger partial charge >= 0.3 is 0 Å². The highest BCUT2D eigenvalue weighted by Crippen LogP contribution is 2.38. The molecule has 0 heterocycles. The predicted octanol–water partition coefficient (Wildman–Crippen LogP) is 2.99. The number of hydrogen-bond donors (Lipinski definition) is 0. The van der Waals surface area contributed by atoms with E-state index in [0.29, 0.717) is 6.10 Å². The first-order valence-corrected chi connectivity index (χ1v) is 4.51. The second-order valence-corrected chi connectivity index (χ2v) is 5.08. The lowest BCUT2D eigenvalue weighted by Gasteiger charge is -2.38. The van der Waals surface area contributed by atoms with Gasteiger partial charge in [-0.1, -0.05) is 20.8 Å². The summed E-state index contributed by atoms with van der Waals surface area (Å²) in [6.07, 6.45) is 3.09. The van der Waals surface area contributed by atoms with Gasteiger partial charge in [0.05, 0.1) is 11.7 Å². The summed E-state index contributed by atoms with van der Waals surface area (Å²) in [6.45, 7) is 11.1. The van der Waals surface area contributed by atoms with Crippen molar-refractivity contribution in [3.05, 3.63) is 0 Å². The summed E-state index contributed by atoms with van der Waals surface area (Å²) in [7, 11) is 0. The molecule has 1 rings (SSSR count). The Bertz CT molecular complexity index is 137. The highest BCUT2D eigenvalue weighted by molar-refractivity contribution is 4.87. The zero-order chi connectivity index (χ0) is 8.70. The molecule has 0 saturated heterocycles. The van der Waals surface area contributed by atoms with E-state index in [2.05, 4.69) is 34.6 Å². The van der Waals surface area contributed by atoms with Crippen molar-refractivity contribution in [1.29, 1.82) is 0 Å². The molecule has 11 heavy (non-hydrogen) atoms. The highest BCUT2D eigenvalue weighted by atomic mass is 16.5. The van der Waals surface area contributed by atoms with Gasteiger partial charge in [0.2, 0.25) is 0 Å². The third-order valence-corrected chi connectivity index (χ3v) is 2.79. The van der Waals surface area contributed by atoms with Crippen molar-refractivity contribution in [2.45, 2.75) is 59.2 Å². The van der Waals surface area contributed by atoms with Crippen LogP contribution in [0, 0.1) is 5.41 Å². The summed E-state index contributed by atoms with van der Waals surface area (Å²) in [5.41, 5.74) is 0.268. The van der Waals surface area contributed by atoms with Crippen LogP contribution in [0.3, 0.4) is 0 Å². The van der Waals surface area contributed by atoms with Gasteiger partial charge in [-0.2, -0.15) is 0 Å². The summed E-state index contributed by atoms with van der Waals surface area (Å²) in [6, 6.07) is 0. The van der Waals surface area contributed by atoms with Gasteiger partial charge in [0.15, 0.2) is 0 Å². The molecule has 1 aliphatic rings. The summed E-state index contributed by atoms with van der Waals surface area (Å²) < 4.78 is 5.91. The van der Waals surface area contributed by atoms with E-state index in [9.17, 15) is 0 Å². The molecule has 0 spiro atoms. The fraction of sp³-hybridized carbons (Fsp3) is 1.00. The topological polar surface area (TPSA) is 9.23 Å². The fourth-order valence-electron chi connectivity index (χ4n) is 0.779. The van der Waals surface area contributed by atoms with Gasteiger partial charge in [0, 0.05) is 0 Å². The second-order valence-electron chi connectivity index (χ2n) is 5.08. The molecule has 0 aromatic rings. The molecule has 1 aliphatic carbocycles. The Hall–Kier alpha value is -0.0400. The van der Waals surface area contributed by atoms with Crippen LogP contribution in [0.5, 0.6) is 0 Å². The minimum Gasteiger partial charge on any atom is -0.372 e. The van der Waals surface area contributed by atoms with Crippen LogP contribution >= 0.6 is 0 Å². The molecule has 1 heteroatoms. The fourth-order valence-corrected chi connectivity index (χ4v) is 0.779. The van der Waals surface area contributed by atoms with Gasteiger partial charge in [0.1, 0.15) is 0 Å². The van der Waals surface area contributed by atoms with Crippen LogP contribution in [0.1, 0.15) is 47.5 Å². The summed E-state index contributed by atoms with van der Waals surface area (Å²) in [4.78, 5) is 0. The molecular weight excluding hydrogens is 136 g/mol. The van der Waals surface area contributed by atoms with Crippen LogP contribution in [0.2, 0.25) is 0 Å².